The van der Waals surface area contributed by atoms with Gasteiger partial charge in [0.1, 0.15) is 0 Å². The van der Waals surface area contributed by atoms with Crippen molar-refractivity contribution in [1.29, 1.82) is 0 Å². The summed E-state index contributed by atoms with van der Waals surface area (Å²) < 4.78 is 0. The molecule has 1 rings (SSSR count). The maximum Gasteiger partial charge on any atom is 0.307 e. The van der Waals surface area contributed by atoms with Crippen molar-refractivity contribution in [2.75, 3.05) is 6.61 Å². The summed E-state index contributed by atoms with van der Waals surface area (Å²) in [5, 5.41) is 21.0. The van der Waals surface area contributed by atoms with Gasteiger partial charge in [-0.15, -0.1) is 0 Å². The van der Waals surface area contributed by atoms with E-state index < -0.39 is 17.8 Å². The summed E-state index contributed by atoms with van der Waals surface area (Å²) in [6.07, 6.45) is 4.47. The molecule has 5 heteroatoms. The second kappa shape index (κ2) is 6.54. The molecule has 3 N–H and O–H groups in total. The summed E-state index contributed by atoms with van der Waals surface area (Å²) in [5.74, 6) is -2.31. The molecular formula is C13H21NO4. The van der Waals surface area contributed by atoms with Gasteiger partial charge >= 0.3 is 5.97 Å². The maximum absolute atomic E-state index is 12.1. The van der Waals surface area contributed by atoms with Gasteiger partial charge in [0.25, 0.3) is 0 Å². The van der Waals surface area contributed by atoms with Gasteiger partial charge in [-0.1, -0.05) is 26.0 Å². The van der Waals surface area contributed by atoms with Crippen LogP contribution >= 0.6 is 0 Å². The van der Waals surface area contributed by atoms with Gasteiger partial charge in [0, 0.05) is 0 Å². The van der Waals surface area contributed by atoms with E-state index in [4.69, 9.17) is 5.11 Å². The van der Waals surface area contributed by atoms with Crippen molar-refractivity contribution < 1.29 is 19.8 Å². The molecule has 0 aromatic heterocycles. The lowest BCUT2D eigenvalue weighted by atomic mass is 9.82. The number of hydrogen-bond acceptors (Lipinski definition) is 3. The lowest BCUT2D eigenvalue weighted by molar-refractivity contribution is -0.147. The van der Waals surface area contributed by atoms with Gasteiger partial charge < -0.3 is 15.5 Å². The Bertz CT molecular complexity index is 338. The lowest BCUT2D eigenvalue weighted by Crippen LogP contribution is -2.46. The standard InChI is InChI=1S/C13H21NO4/c1-8(2)11(7-15)14-12(16)9-5-3-4-6-10(9)13(17)18/h3-4,8-11,15H,5-7H2,1-2H3,(H,14,16)(H,17,18)/t9?,10?,11-/m1/s1. The van der Waals surface area contributed by atoms with Crippen molar-refractivity contribution in [2.24, 2.45) is 17.8 Å². The van der Waals surface area contributed by atoms with Crippen molar-refractivity contribution in [3.8, 4) is 0 Å². The summed E-state index contributed by atoms with van der Waals surface area (Å²) >= 11 is 0. The first-order valence-corrected chi connectivity index (χ1v) is 6.26. The number of aliphatic hydroxyl groups is 1. The largest absolute Gasteiger partial charge is 0.481 e. The zero-order chi connectivity index (χ0) is 13.7. The molecule has 0 spiro atoms. The molecule has 5 nitrogen and oxygen atoms in total. The third kappa shape index (κ3) is 3.57. The number of carbonyl (C=O) groups is 2. The van der Waals surface area contributed by atoms with Crippen LogP contribution in [-0.4, -0.2) is 34.7 Å². The number of hydrogen-bond donors (Lipinski definition) is 3. The molecule has 0 aromatic rings. The zero-order valence-corrected chi connectivity index (χ0v) is 10.8. The molecule has 0 aromatic carbocycles. The molecule has 0 aliphatic heterocycles. The molecule has 1 amide bonds. The fourth-order valence-corrected chi connectivity index (χ4v) is 2.09. The Hall–Kier alpha value is -1.36. The van der Waals surface area contributed by atoms with Crippen LogP contribution in [0.2, 0.25) is 0 Å². The van der Waals surface area contributed by atoms with Crippen molar-refractivity contribution in [2.45, 2.75) is 32.7 Å². The Labute approximate surface area is 107 Å². The van der Waals surface area contributed by atoms with E-state index in [9.17, 15) is 14.7 Å². The van der Waals surface area contributed by atoms with Gasteiger partial charge in [-0.25, -0.2) is 0 Å². The number of nitrogens with one attached hydrogen (secondary N) is 1. The second-order valence-electron chi connectivity index (χ2n) is 5.04. The number of aliphatic carboxylic acids is 1. The molecule has 1 aliphatic rings. The monoisotopic (exact) mass is 255 g/mol. The quantitative estimate of drug-likeness (QED) is 0.634. The topological polar surface area (TPSA) is 86.6 Å². The molecule has 1 aliphatic carbocycles. The van der Waals surface area contributed by atoms with E-state index in [2.05, 4.69) is 5.32 Å². The van der Waals surface area contributed by atoms with E-state index in [1.807, 2.05) is 19.9 Å². The number of carboxylic acids is 1. The first-order chi connectivity index (χ1) is 8.47. The highest BCUT2D eigenvalue weighted by Crippen LogP contribution is 2.26. The molecule has 102 valence electrons. The molecule has 18 heavy (non-hydrogen) atoms. The Balaban J connectivity index is 2.69. The van der Waals surface area contributed by atoms with Gasteiger partial charge in [0.2, 0.25) is 5.91 Å². The summed E-state index contributed by atoms with van der Waals surface area (Å²) in [6.45, 7) is 3.66. The molecule has 0 fully saturated rings. The Morgan fingerprint density at radius 3 is 2.28 bits per heavy atom. The molecule has 0 saturated heterocycles. The van der Waals surface area contributed by atoms with Crippen LogP contribution in [0.4, 0.5) is 0 Å². The fourth-order valence-electron chi connectivity index (χ4n) is 2.09. The molecule has 3 atom stereocenters. The van der Waals surface area contributed by atoms with Crippen LogP contribution in [-0.2, 0) is 9.59 Å². The number of amides is 1. The van der Waals surface area contributed by atoms with E-state index >= 15 is 0 Å². The van der Waals surface area contributed by atoms with Crippen LogP contribution in [0.3, 0.4) is 0 Å². The van der Waals surface area contributed by atoms with Crippen molar-refractivity contribution in [3.05, 3.63) is 12.2 Å². The Morgan fingerprint density at radius 2 is 1.83 bits per heavy atom. The summed E-state index contributed by atoms with van der Waals surface area (Å²) in [5.41, 5.74) is 0. The van der Waals surface area contributed by atoms with Crippen LogP contribution in [0.5, 0.6) is 0 Å². The second-order valence-corrected chi connectivity index (χ2v) is 5.04. The molecular weight excluding hydrogens is 234 g/mol. The zero-order valence-electron chi connectivity index (χ0n) is 10.8. The smallest absolute Gasteiger partial charge is 0.307 e. The minimum Gasteiger partial charge on any atom is -0.481 e. The average Bonchev–Trinajstić information content (AvgIpc) is 2.35. The maximum atomic E-state index is 12.1. The van der Waals surface area contributed by atoms with Gasteiger partial charge in [0.05, 0.1) is 24.5 Å². The molecule has 2 unspecified atom stereocenters. The van der Waals surface area contributed by atoms with Crippen molar-refractivity contribution >= 4 is 11.9 Å². The first kappa shape index (κ1) is 14.7. The summed E-state index contributed by atoms with van der Waals surface area (Å²) in [4.78, 5) is 23.2. The van der Waals surface area contributed by atoms with Crippen molar-refractivity contribution in [3.63, 3.8) is 0 Å². The van der Waals surface area contributed by atoms with E-state index in [-0.39, 0.29) is 24.5 Å². The van der Waals surface area contributed by atoms with Crippen LogP contribution in [0, 0.1) is 17.8 Å². The van der Waals surface area contributed by atoms with E-state index in [1.54, 1.807) is 6.08 Å². The number of carboxylic acid groups (broad SMARTS) is 1. The van der Waals surface area contributed by atoms with E-state index in [1.165, 1.54) is 0 Å². The highest BCUT2D eigenvalue weighted by Gasteiger charge is 2.34. The van der Waals surface area contributed by atoms with Crippen LogP contribution in [0.25, 0.3) is 0 Å². The minimum absolute atomic E-state index is 0.112. The van der Waals surface area contributed by atoms with Crippen molar-refractivity contribution in [1.82, 2.24) is 5.32 Å². The van der Waals surface area contributed by atoms with Crippen LogP contribution < -0.4 is 5.32 Å². The van der Waals surface area contributed by atoms with Gasteiger partial charge in [-0.2, -0.15) is 0 Å². The predicted octanol–water partition coefficient (Wildman–Crippen LogP) is 0.787. The molecule has 0 heterocycles. The molecule has 0 radical (unpaired) electrons. The third-order valence-corrected chi connectivity index (χ3v) is 3.42. The third-order valence-electron chi connectivity index (χ3n) is 3.42. The lowest BCUT2D eigenvalue weighted by Gasteiger charge is -2.27. The average molecular weight is 255 g/mol. The summed E-state index contributed by atoms with van der Waals surface area (Å²) in [6, 6.07) is -0.321. The van der Waals surface area contributed by atoms with E-state index in [0.29, 0.717) is 12.8 Å². The van der Waals surface area contributed by atoms with Gasteiger partial charge in [-0.05, 0) is 18.8 Å². The van der Waals surface area contributed by atoms with Gasteiger partial charge in [-0.3, -0.25) is 9.59 Å². The summed E-state index contributed by atoms with van der Waals surface area (Å²) in [7, 11) is 0. The number of allylic oxidation sites excluding steroid dienone is 2. The molecule has 0 bridgehead atoms. The van der Waals surface area contributed by atoms with Gasteiger partial charge in [0.15, 0.2) is 0 Å². The highest BCUT2D eigenvalue weighted by atomic mass is 16.4. The van der Waals surface area contributed by atoms with Crippen LogP contribution in [0.15, 0.2) is 12.2 Å². The fraction of sp³-hybridized carbons (Fsp3) is 0.692. The SMILES string of the molecule is CC(C)[C@@H](CO)NC(=O)C1CC=CCC1C(=O)O. The van der Waals surface area contributed by atoms with Crippen LogP contribution in [0.1, 0.15) is 26.7 Å². The number of carbonyl (C=O) groups excluding carboxylic acids is 1. The number of rotatable bonds is 5. The highest BCUT2D eigenvalue weighted by molar-refractivity contribution is 5.85. The minimum atomic E-state index is -0.940. The number of aliphatic hydroxyl groups excluding tert-OH is 1. The molecule has 0 saturated carbocycles. The Kier molecular flexibility index (Phi) is 5.34. The van der Waals surface area contributed by atoms with E-state index in [0.717, 1.165) is 0 Å². The Morgan fingerprint density at radius 1 is 1.28 bits per heavy atom. The normalized spacial score (nSPS) is 24.9. The predicted molar refractivity (Wildman–Crippen MR) is 66.8 cm³/mol. The first-order valence-electron chi connectivity index (χ1n) is 6.26.